The Bertz CT molecular complexity index is 800. The topological polar surface area (TPSA) is 55.4 Å². The fourth-order valence-electron chi connectivity index (χ4n) is 2.97. The molecule has 24 heavy (non-hydrogen) atoms. The zero-order chi connectivity index (χ0) is 17.3. The van der Waals surface area contributed by atoms with Crippen molar-refractivity contribution in [2.24, 2.45) is 5.92 Å². The minimum Gasteiger partial charge on any atom is -0.465 e. The summed E-state index contributed by atoms with van der Waals surface area (Å²) in [5.41, 5.74) is 2.48. The molecule has 4 nitrogen and oxygen atoms in total. The first kappa shape index (κ1) is 17.0. The van der Waals surface area contributed by atoms with Gasteiger partial charge in [0, 0.05) is 15.3 Å². The van der Waals surface area contributed by atoms with E-state index in [4.69, 9.17) is 16.3 Å². The lowest BCUT2D eigenvalue weighted by Gasteiger charge is -2.19. The Morgan fingerprint density at radius 1 is 1.33 bits per heavy atom. The third-order valence-electron chi connectivity index (χ3n) is 4.28. The highest BCUT2D eigenvalue weighted by Crippen LogP contribution is 2.33. The SMILES string of the molecule is COC(=O)c1ccc(Cl)cc1NC(=O)c1csc2c1CC[C@@H](C)C2. The number of esters is 1. The third-order valence-corrected chi connectivity index (χ3v) is 5.57. The van der Waals surface area contributed by atoms with E-state index < -0.39 is 5.97 Å². The monoisotopic (exact) mass is 363 g/mol. The molecule has 0 radical (unpaired) electrons. The minimum absolute atomic E-state index is 0.213. The highest BCUT2D eigenvalue weighted by Gasteiger charge is 2.24. The summed E-state index contributed by atoms with van der Waals surface area (Å²) < 4.78 is 4.76. The Morgan fingerprint density at radius 2 is 2.12 bits per heavy atom. The maximum Gasteiger partial charge on any atom is 0.339 e. The molecule has 0 fully saturated rings. The summed E-state index contributed by atoms with van der Waals surface area (Å²) >= 11 is 7.64. The van der Waals surface area contributed by atoms with Crippen LogP contribution in [0.3, 0.4) is 0 Å². The molecule has 3 rings (SSSR count). The first-order valence-electron chi connectivity index (χ1n) is 7.78. The standard InChI is InChI=1S/C18H18ClNO3S/c1-10-3-5-12-14(9-24-16(12)7-10)17(21)20-15-8-11(19)4-6-13(15)18(22)23-2/h4,6,8-10H,3,5,7H2,1-2H3,(H,20,21)/t10-/m1/s1. The summed E-state index contributed by atoms with van der Waals surface area (Å²) in [6.07, 6.45) is 3.04. The van der Waals surface area contributed by atoms with Gasteiger partial charge in [0.25, 0.3) is 5.91 Å². The molecule has 0 saturated heterocycles. The van der Waals surface area contributed by atoms with Crippen molar-refractivity contribution in [1.82, 2.24) is 0 Å². The lowest BCUT2D eigenvalue weighted by atomic mass is 9.88. The zero-order valence-electron chi connectivity index (χ0n) is 13.5. The highest BCUT2D eigenvalue weighted by molar-refractivity contribution is 7.10. The molecule has 0 spiro atoms. The quantitative estimate of drug-likeness (QED) is 0.813. The van der Waals surface area contributed by atoms with E-state index in [2.05, 4.69) is 12.2 Å². The molecule has 0 bridgehead atoms. The Morgan fingerprint density at radius 3 is 2.88 bits per heavy atom. The van der Waals surface area contributed by atoms with Crippen LogP contribution < -0.4 is 5.32 Å². The van der Waals surface area contributed by atoms with Crippen molar-refractivity contribution in [2.45, 2.75) is 26.2 Å². The first-order chi connectivity index (χ1) is 11.5. The van der Waals surface area contributed by atoms with Crippen molar-refractivity contribution in [3.8, 4) is 0 Å². The highest BCUT2D eigenvalue weighted by atomic mass is 35.5. The van der Waals surface area contributed by atoms with Gasteiger partial charge >= 0.3 is 5.97 Å². The van der Waals surface area contributed by atoms with E-state index in [1.807, 2.05) is 5.38 Å². The molecule has 1 aliphatic carbocycles. The van der Waals surface area contributed by atoms with Crippen molar-refractivity contribution in [2.75, 3.05) is 12.4 Å². The van der Waals surface area contributed by atoms with Gasteiger partial charge in [-0.2, -0.15) is 0 Å². The molecular formula is C18H18ClNO3S. The Kier molecular flexibility index (Phi) is 4.92. The van der Waals surface area contributed by atoms with Gasteiger partial charge in [0.15, 0.2) is 0 Å². The van der Waals surface area contributed by atoms with Crippen LogP contribution in [0, 0.1) is 5.92 Å². The van der Waals surface area contributed by atoms with Gasteiger partial charge in [-0.1, -0.05) is 18.5 Å². The van der Waals surface area contributed by atoms with Gasteiger partial charge in [-0.15, -0.1) is 11.3 Å². The van der Waals surface area contributed by atoms with Gasteiger partial charge in [0.1, 0.15) is 0 Å². The number of hydrogen-bond donors (Lipinski definition) is 1. The summed E-state index contributed by atoms with van der Waals surface area (Å²) in [6, 6.07) is 4.71. The van der Waals surface area contributed by atoms with Crippen LogP contribution in [0.2, 0.25) is 5.02 Å². The second-order valence-corrected chi connectivity index (χ2v) is 7.44. The lowest BCUT2D eigenvalue weighted by Crippen LogP contribution is -2.18. The molecule has 1 aromatic carbocycles. The predicted molar refractivity (Wildman–Crippen MR) is 96.3 cm³/mol. The normalized spacial score (nSPS) is 16.4. The predicted octanol–water partition coefficient (Wildman–Crippen LogP) is 4.57. The Balaban J connectivity index is 1.88. The number of halogens is 1. The molecular weight excluding hydrogens is 346 g/mol. The molecule has 126 valence electrons. The van der Waals surface area contributed by atoms with Gasteiger partial charge in [-0.3, -0.25) is 4.79 Å². The van der Waals surface area contributed by atoms with E-state index in [0.29, 0.717) is 22.2 Å². The van der Waals surface area contributed by atoms with Crippen molar-refractivity contribution < 1.29 is 14.3 Å². The van der Waals surface area contributed by atoms with E-state index in [1.54, 1.807) is 29.5 Å². The van der Waals surface area contributed by atoms with Crippen LogP contribution in [0.5, 0.6) is 0 Å². The fraction of sp³-hybridized carbons (Fsp3) is 0.333. The Hall–Kier alpha value is -1.85. The van der Waals surface area contributed by atoms with Gasteiger partial charge in [-0.05, 0) is 48.9 Å². The second kappa shape index (κ2) is 6.95. The van der Waals surface area contributed by atoms with Crippen molar-refractivity contribution in [3.05, 3.63) is 50.2 Å². The first-order valence-corrected chi connectivity index (χ1v) is 9.03. The van der Waals surface area contributed by atoms with Crippen LogP contribution in [0.25, 0.3) is 0 Å². The van der Waals surface area contributed by atoms with Crippen molar-refractivity contribution >= 4 is 40.5 Å². The largest absolute Gasteiger partial charge is 0.465 e. The molecule has 6 heteroatoms. The molecule has 1 atom stereocenters. The number of carbonyl (C=O) groups is 2. The summed E-state index contributed by atoms with van der Waals surface area (Å²) in [7, 11) is 1.30. The fourth-order valence-corrected chi connectivity index (χ4v) is 4.38. The number of benzene rings is 1. The number of methoxy groups -OCH3 is 1. The number of thiophene rings is 1. The van der Waals surface area contributed by atoms with Crippen LogP contribution in [-0.2, 0) is 17.6 Å². The maximum absolute atomic E-state index is 12.7. The van der Waals surface area contributed by atoms with Crippen molar-refractivity contribution in [3.63, 3.8) is 0 Å². The average Bonchev–Trinajstić information content (AvgIpc) is 2.97. The van der Waals surface area contributed by atoms with Crippen LogP contribution >= 0.6 is 22.9 Å². The number of anilines is 1. The number of hydrogen-bond acceptors (Lipinski definition) is 4. The molecule has 0 unspecified atom stereocenters. The molecule has 2 aromatic rings. The summed E-state index contributed by atoms with van der Waals surface area (Å²) in [4.78, 5) is 25.9. The number of carbonyl (C=O) groups excluding carboxylic acids is 2. The summed E-state index contributed by atoms with van der Waals surface area (Å²) in [6.45, 7) is 2.23. The average molecular weight is 364 g/mol. The second-order valence-electron chi connectivity index (χ2n) is 6.03. The van der Waals surface area contributed by atoms with Crippen LogP contribution in [0.1, 0.15) is 44.5 Å². The Labute approximate surface area is 149 Å². The molecule has 1 aliphatic rings. The van der Waals surface area contributed by atoms with Crippen LogP contribution in [0.15, 0.2) is 23.6 Å². The number of amides is 1. The lowest BCUT2D eigenvalue weighted by molar-refractivity contribution is 0.0602. The molecule has 1 aromatic heterocycles. The van der Waals surface area contributed by atoms with E-state index >= 15 is 0 Å². The van der Waals surface area contributed by atoms with E-state index in [9.17, 15) is 9.59 Å². The van der Waals surface area contributed by atoms with Crippen LogP contribution in [0.4, 0.5) is 5.69 Å². The van der Waals surface area contributed by atoms with E-state index in [0.717, 1.165) is 24.8 Å². The number of fused-ring (bicyclic) bond motifs is 1. The third kappa shape index (κ3) is 3.32. The van der Waals surface area contributed by atoms with Gasteiger partial charge in [0.05, 0.1) is 23.9 Å². The van der Waals surface area contributed by atoms with Crippen molar-refractivity contribution in [1.29, 1.82) is 0 Å². The number of nitrogens with one attached hydrogen (secondary N) is 1. The maximum atomic E-state index is 12.7. The number of ether oxygens (including phenoxy) is 1. The molecule has 0 aliphatic heterocycles. The molecule has 1 N–H and O–H groups in total. The van der Waals surface area contributed by atoms with E-state index in [1.165, 1.54) is 12.0 Å². The summed E-state index contributed by atoms with van der Waals surface area (Å²) in [5, 5.41) is 5.16. The molecule has 1 heterocycles. The van der Waals surface area contributed by atoms with Gasteiger partial charge < -0.3 is 10.1 Å². The molecule has 1 amide bonds. The summed E-state index contributed by atoms with van der Waals surface area (Å²) in [5.74, 6) is -0.0662. The number of rotatable bonds is 3. The minimum atomic E-state index is -0.511. The van der Waals surface area contributed by atoms with Crippen LogP contribution in [-0.4, -0.2) is 19.0 Å². The van der Waals surface area contributed by atoms with Gasteiger partial charge in [0.2, 0.25) is 0 Å². The smallest absolute Gasteiger partial charge is 0.339 e. The zero-order valence-corrected chi connectivity index (χ0v) is 15.1. The van der Waals surface area contributed by atoms with Gasteiger partial charge in [-0.25, -0.2) is 4.79 Å². The van der Waals surface area contributed by atoms with E-state index in [-0.39, 0.29) is 11.5 Å². The molecule has 0 saturated carbocycles.